The number of carbonyl (C=O) groups excluding carboxylic acids is 1. The van der Waals surface area contributed by atoms with E-state index in [4.69, 9.17) is 9.47 Å². The molecule has 1 heterocycles. The predicted octanol–water partition coefficient (Wildman–Crippen LogP) is 4.38. The van der Waals surface area contributed by atoms with Crippen molar-refractivity contribution in [1.82, 2.24) is 0 Å². The number of hydrogen-bond acceptors (Lipinski definition) is 6. The number of fused-ring (bicyclic) bond motifs is 1. The number of benzene rings is 3. The Morgan fingerprint density at radius 3 is 2.47 bits per heavy atom. The Bertz CT molecular complexity index is 1130. The monoisotopic (exact) mass is 405 g/mol. The van der Waals surface area contributed by atoms with Crippen LogP contribution >= 0.6 is 0 Å². The fourth-order valence-electron chi connectivity index (χ4n) is 3.59. The number of nitro benzene ring substituents is 1. The molecule has 8 nitrogen and oxygen atoms in total. The topological polar surface area (TPSA) is 93.9 Å². The molecule has 30 heavy (non-hydrogen) atoms. The molecule has 1 N–H and O–H groups in total. The average Bonchev–Trinajstić information content (AvgIpc) is 2.78. The Labute approximate surface area is 172 Å². The molecule has 1 atom stereocenters. The van der Waals surface area contributed by atoms with Crippen molar-refractivity contribution in [1.29, 1.82) is 0 Å². The number of rotatable bonds is 5. The van der Waals surface area contributed by atoms with E-state index in [1.807, 2.05) is 0 Å². The summed E-state index contributed by atoms with van der Waals surface area (Å²) in [5.74, 6) is 0.680. The number of anilines is 2. The van der Waals surface area contributed by atoms with Gasteiger partial charge in [0.2, 0.25) is 0 Å². The van der Waals surface area contributed by atoms with Gasteiger partial charge in [0.1, 0.15) is 17.7 Å². The van der Waals surface area contributed by atoms with E-state index in [9.17, 15) is 14.9 Å². The number of nitro groups is 1. The molecule has 0 unspecified atom stereocenters. The first kappa shape index (κ1) is 19.3. The van der Waals surface area contributed by atoms with Gasteiger partial charge in [-0.15, -0.1) is 0 Å². The van der Waals surface area contributed by atoms with E-state index >= 15 is 0 Å². The lowest BCUT2D eigenvalue weighted by atomic mass is 10.0. The van der Waals surface area contributed by atoms with Crippen molar-refractivity contribution in [3.63, 3.8) is 0 Å². The molecular formula is C22H19N3O5. The molecule has 1 aliphatic heterocycles. The summed E-state index contributed by atoms with van der Waals surface area (Å²) in [5, 5.41) is 15.0. The van der Waals surface area contributed by atoms with Crippen molar-refractivity contribution in [3.8, 4) is 11.5 Å². The van der Waals surface area contributed by atoms with Crippen molar-refractivity contribution in [2.75, 3.05) is 24.4 Å². The molecule has 3 aromatic rings. The molecule has 1 aliphatic rings. The molecule has 0 bridgehead atoms. The van der Waals surface area contributed by atoms with E-state index < -0.39 is 11.1 Å². The number of methoxy groups -OCH3 is 2. The highest BCUT2D eigenvalue weighted by Crippen LogP contribution is 2.43. The van der Waals surface area contributed by atoms with Gasteiger partial charge in [0.15, 0.2) is 0 Å². The van der Waals surface area contributed by atoms with Gasteiger partial charge in [-0.3, -0.25) is 19.8 Å². The van der Waals surface area contributed by atoms with Gasteiger partial charge in [0.05, 0.1) is 36.0 Å². The second kappa shape index (κ2) is 7.75. The SMILES string of the molecule is COc1ccc(N2C(=O)c3ccccc3N[C@@H]2c2ccccc2[N+](=O)[O-])c(OC)c1. The number of para-hydroxylation sites is 2. The van der Waals surface area contributed by atoms with Gasteiger partial charge in [-0.2, -0.15) is 0 Å². The van der Waals surface area contributed by atoms with Crippen LogP contribution in [0.25, 0.3) is 0 Å². The first-order valence-corrected chi connectivity index (χ1v) is 9.19. The number of nitrogens with zero attached hydrogens (tertiary/aromatic N) is 2. The fourth-order valence-corrected chi connectivity index (χ4v) is 3.59. The second-order valence-electron chi connectivity index (χ2n) is 6.62. The number of ether oxygens (including phenoxy) is 2. The minimum atomic E-state index is -0.809. The van der Waals surface area contributed by atoms with Crippen LogP contribution in [0.4, 0.5) is 17.1 Å². The van der Waals surface area contributed by atoms with Gasteiger partial charge in [-0.1, -0.05) is 24.3 Å². The summed E-state index contributed by atoms with van der Waals surface area (Å²) in [6, 6.07) is 18.5. The molecule has 0 saturated heterocycles. The summed E-state index contributed by atoms with van der Waals surface area (Å²) in [7, 11) is 3.03. The zero-order chi connectivity index (χ0) is 21.3. The first-order chi connectivity index (χ1) is 14.5. The van der Waals surface area contributed by atoms with Crippen molar-refractivity contribution < 1.29 is 19.2 Å². The fraction of sp³-hybridized carbons (Fsp3) is 0.136. The second-order valence-corrected chi connectivity index (χ2v) is 6.62. The van der Waals surface area contributed by atoms with Crippen LogP contribution < -0.4 is 19.7 Å². The lowest BCUT2D eigenvalue weighted by molar-refractivity contribution is -0.385. The van der Waals surface area contributed by atoms with Crippen molar-refractivity contribution in [3.05, 3.63) is 88.0 Å². The minimum Gasteiger partial charge on any atom is -0.497 e. The van der Waals surface area contributed by atoms with Crippen LogP contribution in [0.2, 0.25) is 0 Å². The third kappa shape index (κ3) is 3.18. The van der Waals surface area contributed by atoms with E-state index in [1.54, 1.807) is 60.7 Å². The van der Waals surface area contributed by atoms with Gasteiger partial charge >= 0.3 is 0 Å². The Hall–Kier alpha value is -4.07. The predicted molar refractivity (Wildman–Crippen MR) is 112 cm³/mol. The maximum absolute atomic E-state index is 13.5. The maximum atomic E-state index is 13.5. The lowest BCUT2D eigenvalue weighted by Gasteiger charge is -2.38. The Morgan fingerprint density at radius 2 is 1.73 bits per heavy atom. The summed E-state index contributed by atoms with van der Waals surface area (Å²) in [5.41, 5.74) is 1.82. The van der Waals surface area contributed by atoms with Gasteiger partial charge in [-0.25, -0.2) is 0 Å². The normalized spacial score (nSPS) is 15.2. The molecule has 0 spiro atoms. The molecule has 4 rings (SSSR count). The third-order valence-corrected chi connectivity index (χ3v) is 5.00. The van der Waals surface area contributed by atoms with Gasteiger partial charge in [0.25, 0.3) is 11.6 Å². The molecule has 3 aromatic carbocycles. The van der Waals surface area contributed by atoms with E-state index in [0.717, 1.165) is 0 Å². The summed E-state index contributed by atoms with van der Waals surface area (Å²) in [4.78, 5) is 26.2. The molecule has 0 aliphatic carbocycles. The van der Waals surface area contributed by atoms with Crippen LogP contribution in [0.5, 0.6) is 11.5 Å². The van der Waals surface area contributed by atoms with E-state index in [1.165, 1.54) is 25.2 Å². The van der Waals surface area contributed by atoms with Gasteiger partial charge in [-0.05, 0) is 30.3 Å². The highest BCUT2D eigenvalue weighted by Gasteiger charge is 2.38. The standard InChI is InChI=1S/C22H19N3O5/c1-29-14-11-12-19(20(13-14)30-2)24-21(16-8-4-6-10-18(16)25(27)28)23-17-9-5-3-7-15(17)22(24)26/h3-13,21,23H,1-2H3/t21-/m0/s1. The number of nitrogens with one attached hydrogen (secondary N) is 1. The Balaban J connectivity index is 1.94. The summed E-state index contributed by atoms with van der Waals surface area (Å²) in [6.07, 6.45) is -0.809. The highest BCUT2D eigenvalue weighted by atomic mass is 16.6. The van der Waals surface area contributed by atoms with E-state index in [0.29, 0.717) is 34.0 Å². The van der Waals surface area contributed by atoms with Crippen molar-refractivity contribution in [2.24, 2.45) is 0 Å². The van der Waals surface area contributed by atoms with Crippen LogP contribution in [0.1, 0.15) is 22.1 Å². The van der Waals surface area contributed by atoms with Crippen LogP contribution in [-0.4, -0.2) is 25.1 Å². The first-order valence-electron chi connectivity index (χ1n) is 9.19. The average molecular weight is 405 g/mol. The van der Waals surface area contributed by atoms with Crippen LogP contribution in [0.3, 0.4) is 0 Å². The van der Waals surface area contributed by atoms with E-state index in [-0.39, 0.29) is 11.6 Å². The number of hydrogen-bond donors (Lipinski definition) is 1. The van der Waals surface area contributed by atoms with Gasteiger partial charge in [0, 0.05) is 17.8 Å². The largest absolute Gasteiger partial charge is 0.497 e. The van der Waals surface area contributed by atoms with Crippen molar-refractivity contribution in [2.45, 2.75) is 6.17 Å². The number of amides is 1. The molecule has 1 amide bonds. The zero-order valence-corrected chi connectivity index (χ0v) is 16.4. The van der Waals surface area contributed by atoms with Crippen LogP contribution in [0, 0.1) is 10.1 Å². The summed E-state index contributed by atoms with van der Waals surface area (Å²) >= 11 is 0. The lowest BCUT2D eigenvalue weighted by Crippen LogP contribution is -2.43. The Morgan fingerprint density at radius 1 is 1.00 bits per heavy atom. The van der Waals surface area contributed by atoms with Gasteiger partial charge < -0.3 is 14.8 Å². The zero-order valence-electron chi connectivity index (χ0n) is 16.4. The number of carbonyl (C=O) groups is 1. The summed E-state index contributed by atoms with van der Waals surface area (Å²) < 4.78 is 10.8. The molecule has 0 fully saturated rings. The van der Waals surface area contributed by atoms with Crippen molar-refractivity contribution >= 4 is 23.0 Å². The maximum Gasteiger partial charge on any atom is 0.276 e. The molecular weight excluding hydrogens is 386 g/mol. The molecule has 8 heteroatoms. The van der Waals surface area contributed by atoms with E-state index in [2.05, 4.69) is 5.32 Å². The Kier molecular flexibility index (Phi) is 4.97. The van der Waals surface area contributed by atoms with Crippen LogP contribution in [0.15, 0.2) is 66.7 Å². The molecule has 152 valence electrons. The molecule has 0 aromatic heterocycles. The summed E-state index contributed by atoms with van der Waals surface area (Å²) in [6.45, 7) is 0. The smallest absolute Gasteiger partial charge is 0.276 e. The molecule has 0 radical (unpaired) electrons. The van der Waals surface area contributed by atoms with Crippen LogP contribution in [-0.2, 0) is 0 Å². The minimum absolute atomic E-state index is 0.0836. The quantitative estimate of drug-likeness (QED) is 0.500. The highest BCUT2D eigenvalue weighted by molar-refractivity contribution is 6.12. The molecule has 0 saturated carbocycles. The third-order valence-electron chi connectivity index (χ3n) is 5.00.